The first kappa shape index (κ1) is 19.1. The Kier molecular flexibility index (Phi) is 7.13. The van der Waals surface area contributed by atoms with Gasteiger partial charge in [-0.05, 0) is 49.3 Å². The Hall–Kier alpha value is -2.21. The first-order valence-corrected chi connectivity index (χ1v) is 9.10. The van der Waals surface area contributed by atoms with Gasteiger partial charge in [0.05, 0.1) is 6.26 Å². The summed E-state index contributed by atoms with van der Waals surface area (Å²) in [5.41, 5.74) is 0.142. The molecule has 2 rings (SSSR count). The van der Waals surface area contributed by atoms with E-state index in [1.807, 2.05) is 0 Å². The van der Waals surface area contributed by atoms with Gasteiger partial charge in [-0.2, -0.15) is 0 Å². The maximum absolute atomic E-state index is 12.7. The maximum Gasteiger partial charge on any atom is 0.265 e. The molecule has 0 saturated carbocycles. The number of allylic oxidation sites excluding steroid dienone is 2. The molecule has 5 nitrogen and oxygen atoms in total. The van der Waals surface area contributed by atoms with Crippen molar-refractivity contribution in [1.82, 2.24) is 9.80 Å². The highest BCUT2D eigenvalue weighted by molar-refractivity contribution is 7.80. The molecule has 1 aromatic rings. The van der Waals surface area contributed by atoms with Crippen LogP contribution in [0.1, 0.15) is 45.3 Å². The van der Waals surface area contributed by atoms with Gasteiger partial charge in [-0.3, -0.25) is 19.4 Å². The van der Waals surface area contributed by atoms with E-state index in [9.17, 15) is 9.59 Å². The van der Waals surface area contributed by atoms with E-state index in [4.69, 9.17) is 16.6 Å². The Bertz CT molecular complexity index is 645. The quantitative estimate of drug-likeness (QED) is 0.402. The molecule has 1 aromatic heterocycles. The number of furan rings is 1. The number of unbranched alkanes of at least 4 members (excludes halogenated alkanes) is 2. The zero-order valence-corrected chi connectivity index (χ0v) is 15.6. The molecule has 1 saturated heterocycles. The summed E-state index contributed by atoms with van der Waals surface area (Å²) < 4.78 is 5.21. The smallest absolute Gasteiger partial charge is 0.265 e. The minimum absolute atomic E-state index is 0.142. The number of nitrogens with zero attached hydrogens (tertiary/aromatic N) is 2. The Morgan fingerprint density at radius 1 is 1.08 bits per heavy atom. The fourth-order valence-corrected chi connectivity index (χ4v) is 2.84. The molecule has 0 radical (unpaired) electrons. The lowest BCUT2D eigenvalue weighted by molar-refractivity contribution is -0.133. The molecule has 1 aliphatic heterocycles. The number of thiocarbonyl (C=S) groups is 1. The number of rotatable bonds is 8. The first-order chi connectivity index (χ1) is 12.1. The summed E-state index contributed by atoms with van der Waals surface area (Å²) in [5, 5.41) is 0.323. The van der Waals surface area contributed by atoms with E-state index in [-0.39, 0.29) is 17.4 Å². The Morgan fingerprint density at radius 2 is 1.68 bits per heavy atom. The van der Waals surface area contributed by atoms with Crippen LogP contribution in [0, 0.1) is 0 Å². The van der Waals surface area contributed by atoms with Crippen LogP contribution in [0.2, 0.25) is 0 Å². The summed E-state index contributed by atoms with van der Waals surface area (Å²) >= 11 is 5.41. The Balaban J connectivity index is 2.26. The van der Waals surface area contributed by atoms with Crippen LogP contribution in [-0.2, 0) is 9.59 Å². The molecule has 0 N–H and O–H groups in total. The van der Waals surface area contributed by atoms with Crippen LogP contribution in [0.25, 0.3) is 6.08 Å². The highest BCUT2D eigenvalue weighted by Gasteiger charge is 2.38. The molecular weight excluding hydrogens is 336 g/mol. The van der Waals surface area contributed by atoms with E-state index >= 15 is 0 Å². The van der Waals surface area contributed by atoms with Gasteiger partial charge in [-0.15, -0.1) is 0 Å². The molecule has 0 unspecified atom stereocenters. The molecule has 0 spiro atoms. The van der Waals surface area contributed by atoms with Gasteiger partial charge in [0.1, 0.15) is 11.3 Å². The third-order valence-electron chi connectivity index (χ3n) is 3.95. The predicted molar refractivity (Wildman–Crippen MR) is 102 cm³/mol. The van der Waals surface area contributed by atoms with Gasteiger partial charge in [0.15, 0.2) is 5.11 Å². The summed E-state index contributed by atoms with van der Waals surface area (Å²) in [6.45, 7) is 5.17. The van der Waals surface area contributed by atoms with Crippen LogP contribution in [0.3, 0.4) is 0 Å². The average molecular weight is 360 g/mol. The van der Waals surface area contributed by atoms with Gasteiger partial charge in [-0.25, -0.2) is 0 Å². The standard InChI is InChI=1S/C19H24N2O3S/c1-3-5-12-20-17(22)16(11-7-9-15-10-8-14-24-15)18(23)21(19(20)25)13-6-4-2/h7-11,14H,3-6,12-13H2,1-2H3. The number of amides is 2. The zero-order chi connectivity index (χ0) is 18.2. The average Bonchev–Trinajstić information content (AvgIpc) is 3.11. The number of hydrogen-bond donors (Lipinski definition) is 0. The fourth-order valence-electron chi connectivity index (χ4n) is 2.50. The second kappa shape index (κ2) is 9.32. The summed E-state index contributed by atoms with van der Waals surface area (Å²) in [5.74, 6) is 0.0225. The minimum atomic E-state index is -0.319. The van der Waals surface area contributed by atoms with Crippen LogP contribution < -0.4 is 0 Å². The highest BCUT2D eigenvalue weighted by Crippen LogP contribution is 2.19. The Morgan fingerprint density at radius 3 is 2.16 bits per heavy atom. The van der Waals surface area contributed by atoms with Crippen molar-refractivity contribution < 1.29 is 14.0 Å². The van der Waals surface area contributed by atoms with Crippen molar-refractivity contribution in [3.63, 3.8) is 0 Å². The molecule has 0 atom stereocenters. The first-order valence-electron chi connectivity index (χ1n) is 8.69. The lowest BCUT2D eigenvalue weighted by Crippen LogP contribution is -2.56. The SMILES string of the molecule is CCCCN1C(=O)C(=CC=Cc2ccco2)C(=O)N(CCCC)C1=S. The number of hydrogen-bond acceptors (Lipinski definition) is 4. The van der Waals surface area contributed by atoms with Gasteiger partial charge in [-0.1, -0.05) is 32.8 Å². The number of carbonyl (C=O) groups excluding carboxylic acids is 2. The molecule has 134 valence electrons. The van der Waals surface area contributed by atoms with Gasteiger partial charge < -0.3 is 4.42 Å². The second-order valence-corrected chi connectivity index (χ2v) is 6.22. The monoisotopic (exact) mass is 360 g/mol. The van der Waals surface area contributed by atoms with E-state index < -0.39 is 0 Å². The molecular formula is C19H24N2O3S. The molecule has 6 heteroatoms. The zero-order valence-electron chi connectivity index (χ0n) is 14.7. The molecule has 0 aliphatic carbocycles. The molecule has 0 aromatic carbocycles. The predicted octanol–water partition coefficient (Wildman–Crippen LogP) is 3.78. The van der Waals surface area contributed by atoms with Gasteiger partial charge in [0, 0.05) is 13.1 Å². The van der Waals surface area contributed by atoms with E-state index in [0.717, 1.165) is 25.7 Å². The fraction of sp³-hybridized carbons (Fsp3) is 0.421. The van der Waals surface area contributed by atoms with E-state index in [2.05, 4.69) is 13.8 Å². The van der Waals surface area contributed by atoms with E-state index in [1.165, 1.54) is 0 Å². The van der Waals surface area contributed by atoms with Crippen molar-refractivity contribution in [3.8, 4) is 0 Å². The van der Waals surface area contributed by atoms with Crippen molar-refractivity contribution in [2.75, 3.05) is 13.1 Å². The Labute approximate surface area is 154 Å². The second-order valence-electron chi connectivity index (χ2n) is 5.86. The maximum atomic E-state index is 12.7. The van der Waals surface area contributed by atoms with Crippen LogP contribution >= 0.6 is 12.2 Å². The van der Waals surface area contributed by atoms with Crippen molar-refractivity contribution >= 4 is 35.2 Å². The summed E-state index contributed by atoms with van der Waals surface area (Å²) in [6.07, 6.45) is 10.1. The molecule has 25 heavy (non-hydrogen) atoms. The van der Waals surface area contributed by atoms with Crippen LogP contribution in [-0.4, -0.2) is 39.8 Å². The van der Waals surface area contributed by atoms with Crippen molar-refractivity contribution in [2.24, 2.45) is 0 Å². The summed E-state index contributed by atoms with van der Waals surface area (Å²) in [4.78, 5) is 28.5. The third kappa shape index (κ3) is 4.66. The van der Waals surface area contributed by atoms with E-state index in [0.29, 0.717) is 24.0 Å². The molecule has 0 bridgehead atoms. The lowest BCUT2D eigenvalue weighted by atomic mass is 10.1. The van der Waals surface area contributed by atoms with Crippen molar-refractivity contribution in [3.05, 3.63) is 41.9 Å². The van der Waals surface area contributed by atoms with Crippen LogP contribution in [0.4, 0.5) is 0 Å². The molecule has 2 heterocycles. The number of carbonyl (C=O) groups is 2. The topological polar surface area (TPSA) is 53.8 Å². The molecule has 1 aliphatic rings. The highest BCUT2D eigenvalue weighted by atomic mass is 32.1. The van der Waals surface area contributed by atoms with Gasteiger partial charge in [0.25, 0.3) is 11.8 Å². The van der Waals surface area contributed by atoms with Crippen molar-refractivity contribution in [2.45, 2.75) is 39.5 Å². The van der Waals surface area contributed by atoms with E-state index in [1.54, 1.807) is 46.4 Å². The largest absolute Gasteiger partial charge is 0.465 e. The van der Waals surface area contributed by atoms with Crippen LogP contribution in [0.5, 0.6) is 0 Å². The third-order valence-corrected chi connectivity index (χ3v) is 4.39. The van der Waals surface area contributed by atoms with Crippen LogP contribution in [0.15, 0.2) is 40.5 Å². The van der Waals surface area contributed by atoms with Crippen molar-refractivity contribution in [1.29, 1.82) is 0 Å². The minimum Gasteiger partial charge on any atom is -0.465 e. The van der Waals surface area contributed by atoms with Gasteiger partial charge >= 0.3 is 0 Å². The van der Waals surface area contributed by atoms with Gasteiger partial charge in [0.2, 0.25) is 0 Å². The molecule has 2 amide bonds. The normalized spacial score (nSPS) is 15.6. The molecule has 1 fully saturated rings. The lowest BCUT2D eigenvalue weighted by Gasteiger charge is -2.36. The summed E-state index contributed by atoms with van der Waals surface area (Å²) in [7, 11) is 0. The summed E-state index contributed by atoms with van der Waals surface area (Å²) in [6, 6.07) is 3.58.